The number of imide groups is 2. The summed E-state index contributed by atoms with van der Waals surface area (Å²) in [5, 5.41) is 2.27. The summed E-state index contributed by atoms with van der Waals surface area (Å²) in [6.07, 6.45) is 2.14. The Bertz CT molecular complexity index is 1350. The predicted octanol–water partition coefficient (Wildman–Crippen LogP) is 5.63. The molecule has 0 bridgehead atoms. The maximum Gasteiger partial charge on any atom is 0.335 e. The van der Waals surface area contributed by atoms with E-state index in [1.54, 1.807) is 38.3 Å². The quantitative estimate of drug-likeness (QED) is 0.225. The zero-order valence-electron chi connectivity index (χ0n) is 18.4. The topological polar surface area (TPSA) is 75.7 Å². The van der Waals surface area contributed by atoms with Crippen LogP contribution in [0.2, 0.25) is 0 Å². The van der Waals surface area contributed by atoms with Gasteiger partial charge in [-0.1, -0.05) is 52.3 Å². The van der Waals surface area contributed by atoms with Crippen LogP contribution in [0.3, 0.4) is 0 Å². The average molecular weight is 631 g/mol. The zero-order chi connectivity index (χ0) is 24.4. The van der Waals surface area contributed by atoms with Gasteiger partial charge in [-0.2, -0.15) is 0 Å². The van der Waals surface area contributed by atoms with E-state index in [-0.39, 0.29) is 5.57 Å². The standard InChI is InChI=1S/C26H20BrIN2O4/c1-15-7-3-6-10-22(15)30-25(32)19(24(31)29-26(30)33)11-16-12-21(28)18(23(13-16)34-2)14-17-8-4-5-9-20(17)27/h3-13H,14H2,1-2H3,(H,29,31,33)/b19-11+. The van der Waals surface area contributed by atoms with Crippen molar-refractivity contribution in [2.45, 2.75) is 13.3 Å². The fourth-order valence-corrected chi connectivity index (χ4v) is 5.00. The predicted molar refractivity (Wildman–Crippen MR) is 143 cm³/mol. The summed E-state index contributed by atoms with van der Waals surface area (Å²) in [5.74, 6) is -0.759. The highest BCUT2D eigenvalue weighted by molar-refractivity contribution is 14.1. The Balaban J connectivity index is 1.73. The lowest BCUT2D eigenvalue weighted by Gasteiger charge is -2.27. The molecule has 0 aromatic heterocycles. The van der Waals surface area contributed by atoms with E-state index in [2.05, 4.69) is 43.8 Å². The van der Waals surface area contributed by atoms with Crippen LogP contribution in [0.5, 0.6) is 5.75 Å². The number of aryl methyl sites for hydroxylation is 1. The van der Waals surface area contributed by atoms with Crippen molar-refractivity contribution >= 4 is 68.1 Å². The Kier molecular flexibility index (Phi) is 7.18. The summed E-state index contributed by atoms with van der Waals surface area (Å²) >= 11 is 5.81. The third-order valence-corrected chi connectivity index (χ3v) is 7.23. The molecule has 1 aliphatic rings. The largest absolute Gasteiger partial charge is 0.496 e. The van der Waals surface area contributed by atoms with Gasteiger partial charge in [0.1, 0.15) is 11.3 Å². The van der Waals surface area contributed by atoms with E-state index in [1.165, 1.54) is 6.08 Å². The molecule has 1 aliphatic heterocycles. The van der Waals surface area contributed by atoms with Crippen LogP contribution in [0, 0.1) is 10.5 Å². The SMILES string of the molecule is COc1cc(/C=C2\C(=O)NC(=O)N(c3ccccc3C)C2=O)cc(I)c1Cc1ccccc1Br. The van der Waals surface area contributed by atoms with Gasteiger partial charge in [0.25, 0.3) is 11.8 Å². The number of carbonyl (C=O) groups excluding carboxylic acids is 3. The van der Waals surface area contributed by atoms with Crippen LogP contribution in [0.1, 0.15) is 22.3 Å². The highest BCUT2D eigenvalue weighted by Gasteiger charge is 2.37. The van der Waals surface area contributed by atoms with Gasteiger partial charge in [-0.15, -0.1) is 0 Å². The fraction of sp³-hybridized carbons (Fsp3) is 0.115. The molecule has 4 amide bonds. The molecule has 0 radical (unpaired) electrons. The van der Waals surface area contributed by atoms with E-state index < -0.39 is 17.8 Å². The number of methoxy groups -OCH3 is 1. The maximum absolute atomic E-state index is 13.2. The molecule has 3 aromatic carbocycles. The minimum Gasteiger partial charge on any atom is -0.496 e. The van der Waals surface area contributed by atoms with Crippen LogP contribution >= 0.6 is 38.5 Å². The summed E-state index contributed by atoms with van der Waals surface area (Å²) in [7, 11) is 1.59. The summed E-state index contributed by atoms with van der Waals surface area (Å²) in [5.41, 5.74) is 3.77. The van der Waals surface area contributed by atoms with E-state index in [0.717, 1.165) is 29.6 Å². The summed E-state index contributed by atoms with van der Waals surface area (Å²) in [4.78, 5) is 39.3. The first-order chi connectivity index (χ1) is 16.3. The van der Waals surface area contributed by atoms with Crippen molar-refractivity contribution in [3.8, 4) is 5.75 Å². The normalized spacial score (nSPS) is 15.0. The molecule has 0 unspecified atom stereocenters. The molecule has 8 heteroatoms. The smallest absolute Gasteiger partial charge is 0.335 e. The van der Waals surface area contributed by atoms with Gasteiger partial charge < -0.3 is 4.74 Å². The molecule has 0 saturated carbocycles. The molecule has 1 fully saturated rings. The van der Waals surface area contributed by atoms with Crippen molar-refractivity contribution in [2.24, 2.45) is 0 Å². The monoisotopic (exact) mass is 630 g/mol. The van der Waals surface area contributed by atoms with Crippen LogP contribution in [-0.2, 0) is 16.0 Å². The minimum atomic E-state index is -0.766. The molecule has 3 aromatic rings. The lowest BCUT2D eigenvalue weighted by molar-refractivity contribution is -0.122. The third kappa shape index (κ3) is 4.78. The number of anilines is 1. The lowest BCUT2D eigenvalue weighted by Crippen LogP contribution is -2.54. The van der Waals surface area contributed by atoms with Gasteiger partial charge in [0.05, 0.1) is 12.8 Å². The minimum absolute atomic E-state index is 0.126. The van der Waals surface area contributed by atoms with E-state index in [4.69, 9.17) is 4.74 Å². The van der Waals surface area contributed by atoms with Crippen molar-refractivity contribution in [1.82, 2.24) is 5.32 Å². The van der Waals surface area contributed by atoms with Crippen molar-refractivity contribution in [3.63, 3.8) is 0 Å². The number of para-hydroxylation sites is 1. The third-order valence-electron chi connectivity index (χ3n) is 5.49. The molecule has 1 heterocycles. The molecule has 0 aliphatic carbocycles. The molecular formula is C26H20BrIN2O4. The van der Waals surface area contributed by atoms with Gasteiger partial charge in [-0.3, -0.25) is 14.9 Å². The van der Waals surface area contributed by atoms with Gasteiger partial charge in [-0.05, 0) is 76.5 Å². The number of nitrogens with one attached hydrogen (secondary N) is 1. The van der Waals surface area contributed by atoms with E-state index in [9.17, 15) is 14.4 Å². The summed E-state index contributed by atoms with van der Waals surface area (Å²) < 4.78 is 7.58. The number of carbonyl (C=O) groups is 3. The van der Waals surface area contributed by atoms with Crippen LogP contribution in [-0.4, -0.2) is 25.0 Å². The molecule has 4 rings (SSSR count). The van der Waals surface area contributed by atoms with Gasteiger partial charge in [0, 0.05) is 20.0 Å². The molecular weight excluding hydrogens is 611 g/mol. The highest BCUT2D eigenvalue weighted by atomic mass is 127. The van der Waals surface area contributed by atoms with E-state index in [0.29, 0.717) is 23.4 Å². The number of rotatable bonds is 5. The first kappa shape index (κ1) is 24.2. The Morgan fingerprint density at radius 2 is 1.76 bits per heavy atom. The molecule has 0 spiro atoms. The van der Waals surface area contributed by atoms with E-state index >= 15 is 0 Å². The van der Waals surface area contributed by atoms with Gasteiger partial charge in [0.2, 0.25) is 0 Å². The van der Waals surface area contributed by atoms with Crippen molar-refractivity contribution < 1.29 is 19.1 Å². The van der Waals surface area contributed by atoms with Crippen LogP contribution in [0.4, 0.5) is 10.5 Å². The Labute approximate surface area is 219 Å². The molecule has 1 N–H and O–H groups in total. The van der Waals surface area contributed by atoms with Crippen molar-refractivity contribution in [3.05, 3.63) is 96.5 Å². The van der Waals surface area contributed by atoms with Crippen molar-refractivity contribution in [1.29, 1.82) is 0 Å². The molecule has 172 valence electrons. The summed E-state index contributed by atoms with van der Waals surface area (Å²) in [6.45, 7) is 1.80. The lowest BCUT2D eigenvalue weighted by atomic mass is 10.0. The second-order valence-electron chi connectivity index (χ2n) is 7.70. The Hall–Kier alpha value is -2.98. The van der Waals surface area contributed by atoms with Crippen LogP contribution in [0.25, 0.3) is 6.08 Å². The van der Waals surface area contributed by atoms with Gasteiger partial charge >= 0.3 is 6.03 Å². The molecule has 34 heavy (non-hydrogen) atoms. The number of hydrogen-bond acceptors (Lipinski definition) is 4. The van der Waals surface area contributed by atoms with Crippen molar-refractivity contribution in [2.75, 3.05) is 12.0 Å². The van der Waals surface area contributed by atoms with E-state index in [1.807, 2.05) is 36.4 Å². The number of amides is 4. The number of halogens is 2. The maximum atomic E-state index is 13.2. The summed E-state index contributed by atoms with van der Waals surface area (Å²) in [6, 6.07) is 17.9. The fourth-order valence-electron chi connectivity index (χ4n) is 3.76. The number of hydrogen-bond donors (Lipinski definition) is 1. The Morgan fingerprint density at radius 3 is 2.47 bits per heavy atom. The number of benzene rings is 3. The Morgan fingerprint density at radius 1 is 1.06 bits per heavy atom. The molecule has 1 saturated heterocycles. The van der Waals surface area contributed by atoms with Gasteiger partial charge in [0.15, 0.2) is 0 Å². The molecule has 6 nitrogen and oxygen atoms in total. The highest BCUT2D eigenvalue weighted by Crippen LogP contribution is 2.32. The van der Waals surface area contributed by atoms with Gasteiger partial charge in [-0.25, -0.2) is 9.69 Å². The number of barbiturate groups is 1. The number of urea groups is 1. The number of nitrogens with zero attached hydrogens (tertiary/aromatic N) is 1. The first-order valence-corrected chi connectivity index (χ1v) is 12.2. The average Bonchev–Trinajstić information content (AvgIpc) is 2.80. The number of ether oxygens (including phenoxy) is 1. The zero-order valence-corrected chi connectivity index (χ0v) is 22.1. The first-order valence-electron chi connectivity index (χ1n) is 10.4. The van der Waals surface area contributed by atoms with Crippen LogP contribution < -0.4 is 15.0 Å². The second-order valence-corrected chi connectivity index (χ2v) is 9.71. The van der Waals surface area contributed by atoms with Crippen LogP contribution in [0.15, 0.2) is 70.7 Å². The molecule has 0 atom stereocenters. The second kappa shape index (κ2) is 10.1.